The second-order valence-corrected chi connectivity index (χ2v) is 9.16. The molecule has 0 saturated heterocycles. The van der Waals surface area contributed by atoms with E-state index in [0.717, 1.165) is 17.1 Å². The molecule has 7 nitrogen and oxygen atoms in total. The molecule has 8 heteroatoms. The summed E-state index contributed by atoms with van der Waals surface area (Å²) < 4.78 is 26.5. The van der Waals surface area contributed by atoms with Gasteiger partial charge in [0.05, 0.1) is 11.0 Å². The van der Waals surface area contributed by atoms with E-state index in [1.54, 1.807) is 0 Å². The molecule has 3 rings (SSSR count). The molecule has 1 amide bonds. The number of sulfonamides is 1. The molecule has 0 fully saturated rings. The largest absolute Gasteiger partial charge is 0.390 e. The normalized spacial score (nSPS) is 15.5. The maximum absolute atomic E-state index is 12.7. The molecule has 0 aromatic heterocycles. The van der Waals surface area contributed by atoms with Crippen molar-refractivity contribution in [1.29, 1.82) is 0 Å². The van der Waals surface area contributed by atoms with E-state index in [1.807, 2.05) is 12.1 Å². The number of hydrogen-bond acceptors (Lipinski definition) is 5. The maximum atomic E-state index is 12.7. The van der Waals surface area contributed by atoms with E-state index < -0.39 is 22.0 Å². The van der Waals surface area contributed by atoms with E-state index in [1.165, 1.54) is 42.4 Å². The highest BCUT2D eigenvalue weighted by Crippen LogP contribution is 2.21. The Balaban J connectivity index is 1.56. The first-order valence-corrected chi connectivity index (χ1v) is 10.6. The zero-order valence-corrected chi connectivity index (χ0v) is 16.5. The Bertz CT molecular complexity index is 936. The first kappa shape index (κ1) is 20.5. The molecule has 4 N–H and O–H groups in total. The zero-order valence-electron chi connectivity index (χ0n) is 15.7. The SMILES string of the molecule is CN(C[C@@H](O)CNC1Cc2ccccc2C1)S(=O)(=O)c1cccc(C(N)=O)c1. The van der Waals surface area contributed by atoms with Crippen LogP contribution >= 0.6 is 0 Å². The second kappa shape index (κ2) is 8.40. The molecular formula is C20H25N3O4S. The van der Waals surface area contributed by atoms with Crippen molar-refractivity contribution in [1.82, 2.24) is 9.62 Å². The number of primary amides is 1. The van der Waals surface area contributed by atoms with Crippen LogP contribution in [0.3, 0.4) is 0 Å². The number of aliphatic hydroxyl groups excluding tert-OH is 1. The number of fused-ring (bicyclic) bond motifs is 1. The lowest BCUT2D eigenvalue weighted by atomic mass is 10.1. The minimum Gasteiger partial charge on any atom is -0.390 e. The van der Waals surface area contributed by atoms with E-state index in [-0.39, 0.29) is 23.0 Å². The lowest BCUT2D eigenvalue weighted by Gasteiger charge is -2.22. The molecule has 0 aliphatic heterocycles. The summed E-state index contributed by atoms with van der Waals surface area (Å²) in [5, 5.41) is 13.6. The standard InChI is InChI=1S/C20H25N3O4S/c1-23(28(26,27)19-8-4-7-16(11-19)20(21)25)13-18(24)12-22-17-9-14-5-2-3-6-15(14)10-17/h2-8,11,17-18,22,24H,9-10,12-13H2,1H3,(H2,21,25)/t18-/m0/s1. The van der Waals surface area contributed by atoms with Gasteiger partial charge in [-0.15, -0.1) is 0 Å². The number of nitrogens with two attached hydrogens (primary N) is 1. The van der Waals surface area contributed by atoms with Gasteiger partial charge in [-0.2, -0.15) is 4.31 Å². The molecule has 1 aliphatic rings. The van der Waals surface area contributed by atoms with Gasteiger partial charge in [0, 0.05) is 31.7 Å². The molecule has 28 heavy (non-hydrogen) atoms. The van der Waals surface area contributed by atoms with Crippen LogP contribution in [0.5, 0.6) is 0 Å². The molecule has 0 spiro atoms. The quantitative estimate of drug-likeness (QED) is 0.595. The Labute approximate surface area is 165 Å². The number of carbonyl (C=O) groups excluding carboxylic acids is 1. The van der Waals surface area contributed by atoms with Gasteiger partial charge >= 0.3 is 0 Å². The van der Waals surface area contributed by atoms with Crippen LogP contribution in [-0.2, 0) is 22.9 Å². The fourth-order valence-corrected chi connectivity index (χ4v) is 4.71. The molecule has 2 aromatic rings. The van der Waals surface area contributed by atoms with Crippen molar-refractivity contribution in [3.05, 3.63) is 65.2 Å². The third kappa shape index (κ3) is 4.59. The lowest BCUT2D eigenvalue weighted by Crippen LogP contribution is -2.42. The van der Waals surface area contributed by atoms with Crippen LogP contribution in [0, 0.1) is 0 Å². The minimum absolute atomic E-state index is 0.0299. The molecule has 0 bridgehead atoms. The third-order valence-corrected chi connectivity index (χ3v) is 6.81. The van der Waals surface area contributed by atoms with Crippen molar-refractivity contribution < 1.29 is 18.3 Å². The molecule has 0 saturated carbocycles. The number of rotatable bonds is 8. The Hall–Kier alpha value is -2.26. The number of hydrogen-bond donors (Lipinski definition) is 3. The zero-order chi connectivity index (χ0) is 20.3. The fourth-order valence-electron chi connectivity index (χ4n) is 3.46. The molecule has 1 atom stereocenters. The Kier molecular flexibility index (Phi) is 6.14. The number of amides is 1. The van der Waals surface area contributed by atoms with Gasteiger partial charge in [-0.3, -0.25) is 4.79 Å². The van der Waals surface area contributed by atoms with Crippen molar-refractivity contribution in [3.8, 4) is 0 Å². The first-order valence-electron chi connectivity index (χ1n) is 9.12. The van der Waals surface area contributed by atoms with Gasteiger partial charge in [0.25, 0.3) is 0 Å². The summed E-state index contributed by atoms with van der Waals surface area (Å²) in [6.45, 7) is 0.232. The number of aliphatic hydroxyl groups is 1. The molecule has 150 valence electrons. The molecule has 1 aliphatic carbocycles. The van der Waals surface area contributed by atoms with Gasteiger partial charge in [-0.25, -0.2) is 8.42 Å². The number of carbonyl (C=O) groups is 1. The average molecular weight is 404 g/mol. The van der Waals surface area contributed by atoms with Gasteiger partial charge in [0.2, 0.25) is 15.9 Å². The molecule has 0 unspecified atom stereocenters. The summed E-state index contributed by atoms with van der Waals surface area (Å²) in [5.41, 5.74) is 7.96. The van der Waals surface area contributed by atoms with Gasteiger partial charge in [-0.1, -0.05) is 30.3 Å². The van der Waals surface area contributed by atoms with Crippen molar-refractivity contribution in [3.63, 3.8) is 0 Å². The topological polar surface area (TPSA) is 113 Å². The smallest absolute Gasteiger partial charge is 0.248 e. The van der Waals surface area contributed by atoms with Gasteiger partial charge in [0.15, 0.2) is 0 Å². The summed E-state index contributed by atoms with van der Waals surface area (Å²) in [5.74, 6) is -0.693. The van der Waals surface area contributed by atoms with Crippen molar-refractivity contribution in [2.75, 3.05) is 20.1 Å². The van der Waals surface area contributed by atoms with Crippen molar-refractivity contribution >= 4 is 15.9 Å². The Morgan fingerprint density at radius 1 is 1.21 bits per heavy atom. The van der Waals surface area contributed by atoms with E-state index in [9.17, 15) is 18.3 Å². The minimum atomic E-state index is -3.83. The summed E-state index contributed by atoms with van der Waals surface area (Å²) in [6, 6.07) is 14.1. The van der Waals surface area contributed by atoms with E-state index in [4.69, 9.17) is 5.73 Å². The predicted octanol–water partition coefficient (Wildman–Crippen LogP) is 0.524. The van der Waals surface area contributed by atoms with E-state index in [2.05, 4.69) is 17.4 Å². The number of nitrogens with one attached hydrogen (secondary N) is 1. The molecule has 0 heterocycles. The van der Waals surface area contributed by atoms with Crippen LogP contribution in [0.4, 0.5) is 0 Å². The molecule has 0 radical (unpaired) electrons. The van der Waals surface area contributed by atoms with Crippen LogP contribution in [0.1, 0.15) is 21.5 Å². The molecular weight excluding hydrogens is 378 g/mol. The fraction of sp³-hybridized carbons (Fsp3) is 0.350. The number of likely N-dealkylation sites (N-methyl/N-ethyl adjacent to an activating group) is 1. The lowest BCUT2D eigenvalue weighted by molar-refractivity contribution is 0.1000. The van der Waals surface area contributed by atoms with Crippen molar-refractivity contribution in [2.24, 2.45) is 5.73 Å². The van der Waals surface area contributed by atoms with E-state index in [0.29, 0.717) is 6.54 Å². The van der Waals surface area contributed by atoms with Crippen molar-refractivity contribution in [2.45, 2.75) is 29.9 Å². The monoisotopic (exact) mass is 403 g/mol. The second-order valence-electron chi connectivity index (χ2n) is 7.11. The first-order chi connectivity index (χ1) is 13.3. The predicted molar refractivity (Wildman–Crippen MR) is 106 cm³/mol. The van der Waals surface area contributed by atoms with Crippen LogP contribution in [0.2, 0.25) is 0 Å². The number of nitrogens with zero attached hydrogens (tertiary/aromatic N) is 1. The van der Waals surface area contributed by atoms with Gasteiger partial charge in [0.1, 0.15) is 0 Å². The summed E-state index contributed by atoms with van der Waals surface area (Å²) in [6.07, 6.45) is 0.941. The van der Waals surface area contributed by atoms with Gasteiger partial charge < -0.3 is 16.2 Å². The summed E-state index contributed by atoms with van der Waals surface area (Å²) in [7, 11) is -2.43. The highest BCUT2D eigenvalue weighted by atomic mass is 32.2. The average Bonchev–Trinajstić information content (AvgIpc) is 3.09. The molecule has 2 aromatic carbocycles. The van der Waals surface area contributed by atoms with Gasteiger partial charge in [-0.05, 0) is 42.2 Å². The van der Waals surface area contributed by atoms with Crippen LogP contribution in [0.15, 0.2) is 53.4 Å². The highest BCUT2D eigenvalue weighted by molar-refractivity contribution is 7.89. The summed E-state index contributed by atoms with van der Waals surface area (Å²) >= 11 is 0. The highest BCUT2D eigenvalue weighted by Gasteiger charge is 2.25. The third-order valence-electron chi connectivity index (χ3n) is 4.99. The van der Waals surface area contributed by atoms with E-state index >= 15 is 0 Å². The van der Waals surface area contributed by atoms with Crippen LogP contribution < -0.4 is 11.1 Å². The Morgan fingerprint density at radius 3 is 2.46 bits per heavy atom. The summed E-state index contributed by atoms with van der Waals surface area (Å²) in [4.78, 5) is 11.3. The number of benzene rings is 2. The van der Waals surface area contributed by atoms with Crippen LogP contribution in [-0.4, -0.2) is 56.0 Å². The van der Waals surface area contributed by atoms with Crippen LogP contribution in [0.25, 0.3) is 0 Å². The Morgan fingerprint density at radius 2 is 1.86 bits per heavy atom. The maximum Gasteiger partial charge on any atom is 0.248 e.